The fraction of sp³-hybridized carbons (Fsp3) is 0.278. The molecule has 0 bridgehead atoms. The first-order chi connectivity index (χ1) is 11.1. The molecule has 0 aliphatic carbocycles. The Balaban J connectivity index is 1.71. The first-order valence-corrected chi connectivity index (χ1v) is 9.40. The van der Waals surface area contributed by atoms with Gasteiger partial charge in [-0.2, -0.15) is 11.8 Å². The number of rotatable bonds is 2. The number of hydrogen-bond donors (Lipinski definition) is 0. The highest BCUT2D eigenvalue weighted by atomic mass is 79.9. The largest absolute Gasteiger partial charge is 0.338 e. The summed E-state index contributed by atoms with van der Waals surface area (Å²) in [5, 5.41) is 0.108. The predicted molar refractivity (Wildman–Crippen MR) is 96.3 cm³/mol. The van der Waals surface area contributed by atoms with E-state index in [4.69, 9.17) is 0 Å². The summed E-state index contributed by atoms with van der Waals surface area (Å²) in [6.45, 7) is 1.35. The third kappa shape index (κ3) is 3.96. The van der Waals surface area contributed by atoms with Crippen LogP contribution in [0.2, 0.25) is 0 Å². The van der Waals surface area contributed by atoms with E-state index in [0.717, 1.165) is 22.2 Å². The van der Waals surface area contributed by atoms with Crippen LogP contribution in [0.15, 0.2) is 53.0 Å². The molecule has 1 fully saturated rings. The highest BCUT2D eigenvalue weighted by Gasteiger charge is 2.24. The summed E-state index contributed by atoms with van der Waals surface area (Å²) in [6.07, 6.45) is 0.769. The number of carbonyl (C=O) groups is 1. The topological polar surface area (TPSA) is 20.3 Å². The SMILES string of the molecule is O=C(c1cccc(Br)c1)N1CCSC(c2ccccc2F)CC1. The van der Waals surface area contributed by atoms with Gasteiger partial charge in [-0.05, 0) is 30.7 Å². The van der Waals surface area contributed by atoms with Crippen molar-refractivity contribution in [3.05, 3.63) is 69.9 Å². The maximum absolute atomic E-state index is 14.0. The third-order valence-corrected chi connectivity index (χ3v) is 5.76. The van der Waals surface area contributed by atoms with Gasteiger partial charge in [-0.1, -0.05) is 40.2 Å². The zero-order chi connectivity index (χ0) is 16.2. The summed E-state index contributed by atoms with van der Waals surface area (Å²) in [7, 11) is 0. The number of carbonyl (C=O) groups excluding carboxylic acids is 1. The summed E-state index contributed by atoms with van der Waals surface area (Å²) >= 11 is 5.13. The Kier molecular flexibility index (Phi) is 5.38. The Morgan fingerprint density at radius 2 is 2.00 bits per heavy atom. The molecule has 5 heteroatoms. The van der Waals surface area contributed by atoms with Crippen molar-refractivity contribution < 1.29 is 9.18 Å². The lowest BCUT2D eigenvalue weighted by atomic mass is 10.1. The lowest BCUT2D eigenvalue weighted by molar-refractivity contribution is 0.0766. The molecule has 1 saturated heterocycles. The Morgan fingerprint density at radius 1 is 1.17 bits per heavy atom. The zero-order valence-corrected chi connectivity index (χ0v) is 14.9. The molecule has 1 atom stereocenters. The van der Waals surface area contributed by atoms with Gasteiger partial charge in [-0.15, -0.1) is 0 Å². The smallest absolute Gasteiger partial charge is 0.253 e. The van der Waals surface area contributed by atoms with Gasteiger partial charge in [0.05, 0.1) is 0 Å². The van der Waals surface area contributed by atoms with Crippen LogP contribution in [0.3, 0.4) is 0 Å². The van der Waals surface area contributed by atoms with Gasteiger partial charge in [0.15, 0.2) is 0 Å². The van der Waals surface area contributed by atoms with Gasteiger partial charge < -0.3 is 4.90 Å². The maximum atomic E-state index is 14.0. The van der Waals surface area contributed by atoms with Crippen molar-refractivity contribution in [3.8, 4) is 0 Å². The van der Waals surface area contributed by atoms with E-state index in [1.54, 1.807) is 17.8 Å². The summed E-state index contributed by atoms with van der Waals surface area (Å²) in [5.74, 6) is 0.705. The van der Waals surface area contributed by atoms with E-state index in [-0.39, 0.29) is 17.0 Å². The molecule has 2 nitrogen and oxygen atoms in total. The van der Waals surface area contributed by atoms with E-state index in [0.29, 0.717) is 18.7 Å². The predicted octanol–water partition coefficient (Wildman–Crippen LogP) is 4.91. The van der Waals surface area contributed by atoms with Gasteiger partial charge in [-0.3, -0.25) is 4.79 Å². The molecule has 1 amide bonds. The molecule has 3 rings (SSSR count). The molecule has 1 aliphatic rings. The van der Waals surface area contributed by atoms with E-state index in [1.165, 1.54) is 6.07 Å². The molecular formula is C18H17BrFNOS. The molecule has 0 aromatic heterocycles. The fourth-order valence-electron chi connectivity index (χ4n) is 2.76. The molecule has 2 aromatic carbocycles. The number of nitrogens with zero attached hydrogens (tertiary/aromatic N) is 1. The summed E-state index contributed by atoms with van der Waals surface area (Å²) in [4.78, 5) is 14.5. The van der Waals surface area contributed by atoms with Crippen molar-refractivity contribution in [2.45, 2.75) is 11.7 Å². The van der Waals surface area contributed by atoms with Crippen LogP contribution in [0.25, 0.3) is 0 Å². The molecule has 2 aromatic rings. The molecule has 1 unspecified atom stereocenters. The van der Waals surface area contributed by atoms with Crippen molar-refractivity contribution >= 4 is 33.6 Å². The van der Waals surface area contributed by atoms with Crippen LogP contribution in [0.5, 0.6) is 0 Å². The Hall–Kier alpha value is -1.33. The second-order valence-electron chi connectivity index (χ2n) is 5.47. The molecule has 1 heterocycles. The van der Waals surface area contributed by atoms with Crippen molar-refractivity contribution in [2.24, 2.45) is 0 Å². The lowest BCUT2D eigenvalue weighted by Gasteiger charge is -2.20. The average molecular weight is 394 g/mol. The monoisotopic (exact) mass is 393 g/mol. The molecule has 0 N–H and O–H groups in total. The van der Waals surface area contributed by atoms with E-state index < -0.39 is 0 Å². The van der Waals surface area contributed by atoms with Crippen molar-refractivity contribution in [2.75, 3.05) is 18.8 Å². The first kappa shape index (κ1) is 16.5. The normalized spacial score (nSPS) is 18.5. The zero-order valence-electron chi connectivity index (χ0n) is 12.5. The second-order valence-corrected chi connectivity index (χ2v) is 7.70. The van der Waals surface area contributed by atoms with Crippen molar-refractivity contribution in [3.63, 3.8) is 0 Å². The van der Waals surface area contributed by atoms with Crippen LogP contribution in [0.4, 0.5) is 4.39 Å². The van der Waals surface area contributed by atoms with E-state index in [1.807, 2.05) is 41.3 Å². The molecule has 0 saturated carbocycles. The van der Waals surface area contributed by atoms with Gasteiger partial charge >= 0.3 is 0 Å². The Labute approximate surface area is 148 Å². The van der Waals surface area contributed by atoms with Crippen LogP contribution in [0, 0.1) is 5.82 Å². The van der Waals surface area contributed by atoms with Crippen LogP contribution in [0.1, 0.15) is 27.6 Å². The highest BCUT2D eigenvalue weighted by Crippen LogP contribution is 2.35. The minimum atomic E-state index is -0.156. The summed E-state index contributed by atoms with van der Waals surface area (Å²) in [5.41, 5.74) is 1.43. The molecular weight excluding hydrogens is 377 g/mol. The third-order valence-electron chi connectivity index (χ3n) is 3.95. The van der Waals surface area contributed by atoms with Crippen molar-refractivity contribution in [1.82, 2.24) is 4.90 Å². The number of hydrogen-bond acceptors (Lipinski definition) is 2. The molecule has 120 valence electrons. The van der Waals surface area contributed by atoms with Gasteiger partial charge in [0, 0.05) is 39.7 Å². The number of amides is 1. The highest BCUT2D eigenvalue weighted by molar-refractivity contribution is 9.10. The van der Waals surface area contributed by atoms with Gasteiger partial charge in [-0.25, -0.2) is 4.39 Å². The standard InChI is InChI=1S/C18H17BrFNOS/c19-14-5-3-4-13(12-14)18(22)21-9-8-17(23-11-10-21)15-6-1-2-7-16(15)20/h1-7,12,17H,8-11H2. The molecule has 0 radical (unpaired) electrons. The lowest BCUT2D eigenvalue weighted by Crippen LogP contribution is -2.32. The second kappa shape index (κ2) is 7.49. The average Bonchev–Trinajstić information content (AvgIpc) is 2.80. The maximum Gasteiger partial charge on any atom is 0.253 e. The van der Waals surface area contributed by atoms with Crippen LogP contribution in [-0.2, 0) is 0 Å². The summed E-state index contributed by atoms with van der Waals surface area (Å²) in [6, 6.07) is 14.4. The van der Waals surface area contributed by atoms with Gasteiger partial charge in [0.2, 0.25) is 0 Å². The van der Waals surface area contributed by atoms with E-state index >= 15 is 0 Å². The number of halogens is 2. The van der Waals surface area contributed by atoms with E-state index in [2.05, 4.69) is 15.9 Å². The first-order valence-electron chi connectivity index (χ1n) is 7.56. The fourth-order valence-corrected chi connectivity index (χ4v) is 4.41. The van der Waals surface area contributed by atoms with Crippen LogP contribution in [-0.4, -0.2) is 29.6 Å². The molecule has 1 aliphatic heterocycles. The molecule has 0 spiro atoms. The van der Waals surface area contributed by atoms with Crippen LogP contribution >= 0.6 is 27.7 Å². The minimum absolute atomic E-state index is 0.0427. The molecule has 23 heavy (non-hydrogen) atoms. The van der Waals surface area contributed by atoms with Crippen molar-refractivity contribution in [1.29, 1.82) is 0 Å². The Bertz CT molecular complexity index is 709. The quantitative estimate of drug-likeness (QED) is 0.722. The van der Waals surface area contributed by atoms with Gasteiger partial charge in [0.1, 0.15) is 5.82 Å². The van der Waals surface area contributed by atoms with Gasteiger partial charge in [0.25, 0.3) is 5.91 Å². The Morgan fingerprint density at radius 3 is 2.78 bits per heavy atom. The minimum Gasteiger partial charge on any atom is -0.338 e. The number of benzene rings is 2. The number of thioether (sulfide) groups is 1. The van der Waals surface area contributed by atoms with E-state index in [9.17, 15) is 9.18 Å². The van der Waals surface area contributed by atoms with Crippen LogP contribution < -0.4 is 0 Å². The summed E-state index contributed by atoms with van der Waals surface area (Å²) < 4.78 is 14.9.